The lowest BCUT2D eigenvalue weighted by Crippen LogP contribution is -2.26. The molecule has 1 fully saturated rings. The minimum Gasteiger partial charge on any atom is -0.497 e. The Morgan fingerprint density at radius 2 is 1.95 bits per heavy atom. The molecule has 1 aliphatic heterocycles. The Kier molecular flexibility index (Phi) is 4.02. The van der Waals surface area contributed by atoms with E-state index in [9.17, 15) is 14.4 Å². The number of nitrogens with zero attached hydrogens (tertiary/aromatic N) is 1. The van der Waals surface area contributed by atoms with Crippen molar-refractivity contribution in [2.75, 3.05) is 25.2 Å². The molecule has 1 saturated heterocycles. The number of esters is 1. The molecule has 1 aromatic rings. The van der Waals surface area contributed by atoms with Crippen molar-refractivity contribution >= 4 is 23.3 Å². The van der Waals surface area contributed by atoms with Crippen LogP contribution >= 0.6 is 0 Å². The Morgan fingerprint density at radius 3 is 2.50 bits per heavy atom. The third-order valence-corrected chi connectivity index (χ3v) is 3.09. The molecule has 1 aromatic carbocycles. The molecule has 0 unspecified atom stereocenters. The van der Waals surface area contributed by atoms with Crippen LogP contribution in [0, 0.1) is 5.92 Å². The number of rotatable bonds is 4. The lowest BCUT2D eigenvalue weighted by molar-refractivity contribution is -0.151. The molecular formula is C14H15NO5. The highest BCUT2D eigenvalue weighted by atomic mass is 16.5. The number of methoxy groups -OCH3 is 1. The van der Waals surface area contributed by atoms with Crippen LogP contribution < -0.4 is 9.64 Å². The topological polar surface area (TPSA) is 72.9 Å². The molecule has 1 aliphatic rings. The monoisotopic (exact) mass is 277 g/mol. The number of ketones is 1. The molecule has 0 saturated carbocycles. The number of carbonyl (C=O) groups excluding carboxylic acids is 3. The van der Waals surface area contributed by atoms with Gasteiger partial charge in [-0.05, 0) is 31.2 Å². The van der Waals surface area contributed by atoms with Crippen molar-refractivity contribution < 1.29 is 23.9 Å². The molecule has 0 aliphatic carbocycles. The lowest BCUT2D eigenvalue weighted by Gasteiger charge is -2.15. The number of benzene rings is 1. The fourth-order valence-electron chi connectivity index (χ4n) is 2.04. The van der Waals surface area contributed by atoms with Gasteiger partial charge in [0.1, 0.15) is 11.7 Å². The highest BCUT2D eigenvalue weighted by Gasteiger charge is 2.44. The first-order valence-electron chi connectivity index (χ1n) is 6.25. The predicted octanol–water partition coefficient (Wildman–Crippen LogP) is 0.790. The van der Waals surface area contributed by atoms with Gasteiger partial charge < -0.3 is 14.4 Å². The van der Waals surface area contributed by atoms with Crippen molar-refractivity contribution in [3.8, 4) is 5.75 Å². The second-order valence-corrected chi connectivity index (χ2v) is 4.28. The van der Waals surface area contributed by atoms with Gasteiger partial charge in [-0.3, -0.25) is 14.4 Å². The van der Waals surface area contributed by atoms with Crippen LogP contribution in [0.5, 0.6) is 5.75 Å². The summed E-state index contributed by atoms with van der Waals surface area (Å²) in [5.74, 6) is -2.45. The van der Waals surface area contributed by atoms with Gasteiger partial charge in [-0.1, -0.05) is 0 Å². The van der Waals surface area contributed by atoms with Crippen LogP contribution in [0.4, 0.5) is 5.69 Å². The molecule has 0 radical (unpaired) electrons. The third-order valence-electron chi connectivity index (χ3n) is 3.09. The Bertz CT molecular complexity index is 537. The quantitative estimate of drug-likeness (QED) is 0.462. The number of ether oxygens (including phenoxy) is 2. The van der Waals surface area contributed by atoms with Crippen LogP contribution in [-0.2, 0) is 19.1 Å². The smallest absolute Gasteiger partial charge is 0.318 e. The maximum Gasteiger partial charge on any atom is 0.318 e. The molecule has 20 heavy (non-hydrogen) atoms. The van der Waals surface area contributed by atoms with E-state index < -0.39 is 23.6 Å². The van der Waals surface area contributed by atoms with Gasteiger partial charge >= 0.3 is 5.97 Å². The molecule has 1 heterocycles. The fraction of sp³-hybridized carbons (Fsp3) is 0.357. The number of anilines is 1. The average molecular weight is 277 g/mol. The molecule has 0 spiro atoms. The highest BCUT2D eigenvalue weighted by Crippen LogP contribution is 2.25. The first kappa shape index (κ1) is 14.0. The molecule has 6 heteroatoms. The second-order valence-electron chi connectivity index (χ2n) is 4.28. The average Bonchev–Trinajstić information content (AvgIpc) is 2.76. The second kappa shape index (κ2) is 5.73. The van der Waals surface area contributed by atoms with E-state index in [1.54, 1.807) is 31.2 Å². The molecule has 106 valence electrons. The van der Waals surface area contributed by atoms with Crippen LogP contribution in [-0.4, -0.2) is 37.9 Å². The molecular weight excluding hydrogens is 262 g/mol. The highest BCUT2D eigenvalue weighted by molar-refractivity contribution is 6.47. The van der Waals surface area contributed by atoms with Crippen molar-refractivity contribution in [2.45, 2.75) is 6.92 Å². The minimum atomic E-state index is -1.04. The molecule has 0 bridgehead atoms. The summed E-state index contributed by atoms with van der Waals surface area (Å²) in [6.45, 7) is 1.85. The lowest BCUT2D eigenvalue weighted by atomic mass is 10.1. The standard InChI is InChI=1S/C14H15NO5/c1-3-20-14(18)11-8-15(13(17)12(11)16)9-4-6-10(19-2)7-5-9/h4-7,11H,3,8H2,1-2H3/t11-/m0/s1. The molecule has 1 amide bonds. The van der Waals surface area contributed by atoms with E-state index in [0.29, 0.717) is 11.4 Å². The number of hydrogen-bond acceptors (Lipinski definition) is 5. The van der Waals surface area contributed by atoms with Gasteiger partial charge in [0.15, 0.2) is 0 Å². The van der Waals surface area contributed by atoms with Gasteiger partial charge in [-0.15, -0.1) is 0 Å². The van der Waals surface area contributed by atoms with Crippen molar-refractivity contribution in [1.29, 1.82) is 0 Å². The predicted molar refractivity (Wildman–Crippen MR) is 70.5 cm³/mol. The van der Waals surface area contributed by atoms with Crippen LogP contribution in [0.25, 0.3) is 0 Å². The maximum atomic E-state index is 11.9. The van der Waals surface area contributed by atoms with E-state index >= 15 is 0 Å². The first-order valence-corrected chi connectivity index (χ1v) is 6.25. The molecule has 0 N–H and O–H groups in total. The number of carbonyl (C=O) groups is 3. The van der Waals surface area contributed by atoms with Crippen molar-refractivity contribution in [3.63, 3.8) is 0 Å². The zero-order valence-electron chi connectivity index (χ0n) is 11.3. The van der Waals surface area contributed by atoms with Crippen LogP contribution in [0.15, 0.2) is 24.3 Å². The van der Waals surface area contributed by atoms with Crippen molar-refractivity contribution in [1.82, 2.24) is 0 Å². The van der Waals surface area contributed by atoms with Crippen LogP contribution in [0.1, 0.15) is 6.92 Å². The zero-order valence-corrected chi connectivity index (χ0v) is 11.3. The fourth-order valence-corrected chi connectivity index (χ4v) is 2.04. The number of amides is 1. The molecule has 6 nitrogen and oxygen atoms in total. The summed E-state index contributed by atoms with van der Waals surface area (Å²) in [5.41, 5.74) is 0.552. The van der Waals surface area contributed by atoms with Gasteiger partial charge in [-0.25, -0.2) is 0 Å². The summed E-state index contributed by atoms with van der Waals surface area (Å²) < 4.78 is 9.83. The molecule has 0 aromatic heterocycles. The minimum absolute atomic E-state index is 0.0167. The van der Waals surface area contributed by atoms with E-state index in [0.717, 1.165) is 0 Å². The summed E-state index contributed by atoms with van der Waals surface area (Å²) in [7, 11) is 1.54. The van der Waals surface area contributed by atoms with Crippen molar-refractivity contribution in [3.05, 3.63) is 24.3 Å². The Balaban J connectivity index is 2.19. The van der Waals surface area contributed by atoms with Gasteiger partial charge in [0.05, 0.1) is 13.7 Å². The normalized spacial score (nSPS) is 18.3. The van der Waals surface area contributed by atoms with Crippen LogP contribution in [0.3, 0.4) is 0 Å². The van der Waals surface area contributed by atoms with E-state index in [1.165, 1.54) is 12.0 Å². The number of hydrogen-bond donors (Lipinski definition) is 0. The Labute approximate surface area is 116 Å². The zero-order chi connectivity index (χ0) is 14.7. The first-order chi connectivity index (χ1) is 9.58. The third kappa shape index (κ3) is 2.49. The summed E-state index contributed by atoms with van der Waals surface area (Å²) in [4.78, 5) is 36.6. The van der Waals surface area contributed by atoms with E-state index in [1.807, 2.05) is 0 Å². The van der Waals surface area contributed by atoms with Crippen LogP contribution in [0.2, 0.25) is 0 Å². The Hall–Kier alpha value is -2.37. The maximum absolute atomic E-state index is 11.9. The van der Waals surface area contributed by atoms with E-state index in [4.69, 9.17) is 9.47 Å². The summed E-state index contributed by atoms with van der Waals surface area (Å²) >= 11 is 0. The van der Waals surface area contributed by atoms with E-state index in [2.05, 4.69) is 0 Å². The van der Waals surface area contributed by atoms with Crippen molar-refractivity contribution in [2.24, 2.45) is 5.92 Å². The van der Waals surface area contributed by atoms with Gasteiger partial charge in [0.25, 0.3) is 5.91 Å². The SMILES string of the molecule is CCOC(=O)[C@H]1CN(c2ccc(OC)cc2)C(=O)C1=O. The van der Waals surface area contributed by atoms with Gasteiger partial charge in [0, 0.05) is 12.2 Å². The molecule has 2 rings (SSSR count). The molecule has 1 atom stereocenters. The summed E-state index contributed by atoms with van der Waals surface area (Å²) in [6.07, 6.45) is 0. The number of Topliss-reactive ketones (excluding diaryl/α,β-unsaturated/α-hetero) is 1. The van der Waals surface area contributed by atoms with Gasteiger partial charge in [0.2, 0.25) is 5.78 Å². The van der Waals surface area contributed by atoms with Gasteiger partial charge in [-0.2, -0.15) is 0 Å². The van der Waals surface area contributed by atoms with E-state index in [-0.39, 0.29) is 13.2 Å². The summed E-state index contributed by atoms with van der Waals surface area (Å²) in [5, 5.41) is 0. The summed E-state index contributed by atoms with van der Waals surface area (Å²) in [6, 6.07) is 6.70. The largest absolute Gasteiger partial charge is 0.497 e. The Morgan fingerprint density at radius 1 is 1.30 bits per heavy atom.